The van der Waals surface area contributed by atoms with Crippen molar-refractivity contribution < 1.29 is 9.53 Å². The number of nitrogens with one attached hydrogen (secondary N) is 2. The maximum Gasteiger partial charge on any atom is 0.234 e. The molecule has 0 bridgehead atoms. The highest BCUT2D eigenvalue weighted by atomic mass is 35.5. The zero-order valence-corrected chi connectivity index (χ0v) is 15.8. The zero-order chi connectivity index (χ0) is 18.5. The average Bonchev–Trinajstić information content (AvgIpc) is 3.06. The first kappa shape index (κ1) is 18.7. The lowest BCUT2D eigenvalue weighted by Crippen LogP contribution is -2.50. The van der Waals surface area contributed by atoms with Crippen LogP contribution in [0, 0.1) is 0 Å². The standard InChI is InChI=1S/C18H24ClN5O2/c1-23-7-6-21-18(23)15-11-20-5-8-24(15)12-17(25)22-10-13-9-14(19)3-4-16(13)26-2/h3-4,6-7,9,15,20H,5,8,10-12H2,1-2H3,(H,22,25). The van der Waals surface area contributed by atoms with Gasteiger partial charge in [0, 0.05) is 56.2 Å². The van der Waals surface area contributed by atoms with Crippen LogP contribution >= 0.6 is 11.6 Å². The van der Waals surface area contributed by atoms with E-state index in [0.717, 1.165) is 31.0 Å². The molecule has 0 spiro atoms. The van der Waals surface area contributed by atoms with Gasteiger partial charge in [-0.15, -0.1) is 0 Å². The molecule has 1 atom stereocenters. The largest absolute Gasteiger partial charge is 0.496 e. The number of imidazole rings is 1. The number of rotatable bonds is 6. The second-order valence-corrected chi connectivity index (χ2v) is 6.76. The average molecular weight is 378 g/mol. The Balaban J connectivity index is 1.62. The summed E-state index contributed by atoms with van der Waals surface area (Å²) in [5, 5.41) is 6.95. The van der Waals surface area contributed by atoms with E-state index in [0.29, 0.717) is 23.9 Å². The highest BCUT2D eigenvalue weighted by Crippen LogP contribution is 2.23. The van der Waals surface area contributed by atoms with E-state index >= 15 is 0 Å². The number of nitrogens with zero attached hydrogens (tertiary/aromatic N) is 3. The number of piperazine rings is 1. The predicted octanol–water partition coefficient (Wildman–Crippen LogP) is 1.34. The Morgan fingerprint density at radius 1 is 1.50 bits per heavy atom. The Morgan fingerprint density at radius 2 is 2.35 bits per heavy atom. The van der Waals surface area contributed by atoms with Gasteiger partial charge in [0.1, 0.15) is 11.6 Å². The van der Waals surface area contributed by atoms with Crippen LogP contribution in [0.2, 0.25) is 5.02 Å². The van der Waals surface area contributed by atoms with Crippen LogP contribution in [0.3, 0.4) is 0 Å². The van der Waals surface area contributed by atoms with E-state index in [9.17, 15) is 4.79 Å². The van der Waals surface area contributed by atoms with Gasteiger partial charge >= 0.3 is 0 Å². The zero-order valence-electron chi connectivity index (χ0n) is 15.0. The monoisotopic (exact) mass is 377 g/mol. The molecule has 1 aromatic heterocycles. The van der Waals surface area contributed by atoms with Crippen LogP contribution < -0.4 is 15.4 Å². The fourth-order valence-corrected chi connectivity index (χ4v) is 3.40. The number of carbonyl (C=O) groups is 1. The molecule has 1 aromatic carbocycles. The second-order valence-electron chi connectivity index (χ2n) is 6.32. The molecule has 2 aromatic rings. The van der Waals surface area contributed by atoms with Crippen LogP contribution in [0.4, 0.5) is 0 Å². The number of hydrogen-bond donors (Lipinski definition) is 2. The Hall–Kier alpha value is -2.09. The lowest BCUT2D eigenvalue weighted by molar-refractivity contribution is -0.123. The van der Waals surface area contributed by atoms with E-state index in [1.807, 2.05) is 23.9 Å². The minimum atomic E-state index is -0.0341. The van der Waals surface area contributed by atoms with Gasteiger partial charge < -0.3 is 19.9 Å². The maximum absolute atomic E-state index is 12.5. The molecule has 0 aliphatic carbocycles. The number of ether oxygens (including phenoxy) is 1. The van der Waals surface area contributed by atoms with Crippen molar-refractivity contribution in [1.82, 2.24) is 25.1 Å². The van der Waals surface area contributed by atoms with E-state index in [1.54, 1.807) is 25.4 Å². The van der Waals surface area contributed by atoms with E-state index < -0.39 is 0 Å². The van der Waals surface area contributed by atoms with Crippen LogP contribution in [-0.4, -0.2) is 53.6 Å². The van der Waals surface area contributed by atoms with Crippen LogP contribution in [0.5, 0.6) is 5.75 Å². The van der Waals surface area contributed by atoms with Crippen molar-refractivity contribution in [2.24, 2.45) is 7.05 Å². The molecule has 7 nitrogen and oxygen atoms in total. The molecule has 1 unspecified atom stereocenters. The van der Waals surface area contributed by atoms with Crippen LogP contribution in [0.1, 0.15) is 17.4 Å². The first-order valence-corrected chi connectivity index (χ1v) is 8.97. The smallest absolute Gasteiger partial charge is 0.234 e. The number of amides is 1. The minimum absolute atomic E-state index is 0.0341. The van der Waals surface area contributed by atoms with Crippen molar-refractivity contribution in [1.29, 1.82) is 0 Å². The Morgan fingerprint density at radius 3 is 3.08 bits per heavy atom. The highest BCUT2D eigenvalue weighted by Gasteiger charge is 2.28. The summed E-state index contributed by atoms with van der Waals surface area (Å²) in [5.41, 5.74) is 0.856. The number of hydrogen-bond acceptors (Lipinski definition) is 5. The van der Waals surface area contributed by atoms with E-state index in [-0.39, 0.29) is 11.9 Å². The topological polar surface area (TPSA) is 71.4 Å². The van der Waals surface area contributed by atoms with Crippen LogP contribution in [0.15, 0.2) is 30.6 Å². The van der Waals surface area contributed by atoms with Gasteiger partial charge in [-0.25, -0.2) is 4.98 Å². The first-order chi connectivity index (χ1) is 12.6. The summed E-state index contributed by atoms with van der Waals surface area (Å²) in [7, 11) is 3.58. The molecule has 0 saturated carbocycles. The molecule has 1 fully saturated rings. The normalized spacial score (nSPS) is 17.9. The Kier molecular flexibility index (Phi) is 6.13. The summed E-state index contributed by atoms with van der Waals surface area (Å²) in [6, 6.07) is 5.46. The summed E-state index contributed by atoms with van der Waals surface area (Å²) < 4.78 is 7.32. The van der Waals surface area contributed by atoms with Gasteiger partial charge in [-0.05, 0) is 18.2 Å². The van der Waals surface area contributed by atoms with Gasteiger partial charge in [-0.2, -0.15) is 0 Å². The van der Waals surface area contributed by atoms with Crippen LogP contribution in [-0.2, 0) is 18.4 Å². The predicted molar refractivity (Wildman–Crippen MR) is 100 cm³/mol. The number of aryl methyl sites for hydroxylation is 1. The number of carbonyl (C=O) groups excluding carboxylic acids is 1. The second kappa shape index (κ2) is 8.53. The lowest BCUT2D eigenvalue weighted by atomic mass is 10.1. The lowest BCUT2D eigenvalue weighted by Gasteiger charge is -2.35. The molecular weight excluding hydrogens is 354 g/mol. The quantitative estimate of drug-likeness (QED) is 0.795. The molecule has 1 aliphatic heterocycles. The summed E-state index contributed by atoms with van der Waals surface area (Å²) in [5.74, 6) is 1.64. The van der Waals surface area contributed by atoms with Crippen molar-refractivity contribution in [2.45, 2.75) is 12.6 Å². The van der Waals surface area contributed by atoms with Gasteiger partial charge in [0.2, 0.25) is 5.91 Å². The summed E-state index contributed by atoms with van der Waals surface area (Å²) in [4.78, 5) is 19.1. The SMILES string of the molecule is COc1ccc(Cl)cc1CNC(=O)CN1CCNCC1c1nccn1C. The number of methoxy groups -OCH3 is 1. The maximum atomic E-state index is 12.5. The molecule has 2 heterocycles. The van der Waals surface area contributed by atoms with E-state index in [4.69, 9.17) is 16.3 Å². The molecule has 1 amide bonds. The molecule has 26 heavy (non-hydrogen) atoms. The number of aromatic nitrogens is 2. The van der Waals surface area contributed by atoms with Gasteiger partial charge in [0.25, 0.3) is 0 Å². The van der Waals surface area contributed by atoms with Gasteiger partial charge in [-0.3, -0.25) is 9.69 Å². The Bertz CT molecular complexity index is 764. The van der Waals surface area contributed by atoms with Crippen LogP contribution in [0.25, 0.3) is 0 Å². The number of halogens is 1. The van der Waals surface area contributed by atoms with E-state index in [2.05, 4.69) is 20.5 Å². The third-order valence-corrected chi connectivity index (χ3v) is 4.81. The molecule has 8 heteroatoms. The first-order valence-electron chi connectivity index (χ1n) is 8.59. The molecule has 0 radical (unpaired) electrons. The van der Waals surface area contributed by atoms with Gasteiger partial charge in [0.05, 0.1) is 19.7 Å². The van der Waals surface area contributed by atoms with Crippen molar-refractivity contribution >= 4 is 17.5 Å². The Labute approximate surface area is 158 Å². The molecule has 140 valence electrons. The van der Waals surface area contributed by atoms with Crippen molar-refractivity contribution in [3.63, 3.8) is 0 Å². The third-order valence-electron chi connectivity index (χ3n) is 4.58. The van der Waals surface area contributed by atoms with Gasteiger partial charge in [0.15, 0.2) is 0 Å². The van der Waals surface area contributed by atoms with Crippen molar-refractivity contribution in [3.05, 3.63) is 47.0 Å². The fourth-order valence-electron chi connectivity index (χ4n) is 3.21. The minimum Gasteiger partial charge on any atom is -0.496 e. The molecule has 1 saturated heterocycles. The van der Waals surface area contributed by atoms with Gasteiger partial charge in [-0.1, -0.05) is 11.6 Å². The molecule has 2 N–H and O–H groups in total. The summed E-state index contributed by atoms with van der Waals surface area (Å²) in [6.45, 7) is 3.13. The summed E-state index contributed by atoms with van der Waals surface area (Å²) in [6.07, 6.45) is 3.71. The van der Waals surface area contributed by atoms with Crippen molar-refractivity contribution in [2.75, 3.05) is 33.3 Å². The summed E-state index contributed by atoms with van der Waals surface area (Å²) >= 11 is 6.04. The third kappa shape index (κ3) is 4.35. The number of benzene rings is 1. The molecular formula is C18H24ClN5O2. The highest BCUT2D eigenvalue weighted by molar-refractivity contribution is 6.30. The van der Waals surface area contributed by atoms with E-state index in [1.165, 1.54) is 0 Å². The van der Waals surface area contributed by atoms with Crippen molar-refractivity contribution in [3.8, 4) is 5.75 Å². The molecule has 1 aliphatic rings. The fraction of sp³-hybridized carbons (Fsp3) is 0.444. The molecule has 3 rings (SSSR count).